The van der Waals surface area contributed by atoms with Crippen LogP contribution in [0, 0.1) is 0 Å². The quantitative estimate of drug-likeness (QED) is 0.513. The van der Waals surface area contributed by atoms with Crippen molar-refractivity contribution in [2.75, 3.05) is 7.05 Å². The van der Waals surface area contributed by atoms with Crippen molar-refractivity contribution >= 4 is 27.5 Å². The molecule has 1 amide bonds. The molecule has 4 aromatic rings. The second-order valence-electron chi connectivity index (χ2n) is 6.86. The van der Waals surface area contributed by atoms with Crippen LogP contribution < -0.4 is 10.3 Å². The number of H-pyrrole nitrogens is 1. The van der Waals surface area contributed by atoms with Crippen LogP contribution in [0.3, 0.4) is 0 Å². The van der Waals surface area contributed by atoms with E-state index >= 15 is 0 Å². The highest BCUT2D eigenvalue weighted by Gasteiger charge is 2.15. The van der Waals surface area contributed by atoms with Gasteiger partial charge in [-0.1, -0.05) is 30.3 Å². The van der Waals surface area contributed by atoms with Crippen molar-refractivity contribution < 1.29 is 9.53 Å². The molecule has 0 saturated carbocycles. The lowest BCUT2D eigenvalue weighted by atomic mass is 10.1. The molecule has 0 aliphatic heterocycles. The first-order valence-corrected chi connectivity index (χ1v) is 10.3. The van der Waals surface area contributed by atoms with E-state index in [0.29, 0.717) is 27.5 Å². The summed E-state index contributed by atoms with van der Waals surface area (Å²) in [5.41, 5.74) is 1.91. The zero-order chi connectivity index (χ0) is 21.1. The molecule has 0 aliphatic carbocycles. The number of thiophene rings is 1. The minimum atomic E-state index is -0.224. The van der Waals surface area contributed by atoms with Crippen LogP contribution in [0.4, 0.5) is 0 Å². The van der Waals surface area contributed by atoms with Gasteiger partial charge in [-0.05, 0) is 30.0 Å². The van der Waals surface area contributed by atoms with Crippen molar-refractivity contribution in [1.82, 2.24) is 19.9 Å². The van der Waals surface area contributed by atoms with Gasteiger partial charge in [0.25, 0.3) is 11.5 Å². The zero-order valence-corrected chi connectivity index (χ0v) is 17.3. The topological polar surface area (TPSA) is 88.2 Å². The molecule has 1 atom stereocenters. The molecule has 7 nitrogen and oxygen atoms in total. The van der Waals surface area contributed by atoms with Crippen LogP contribution in [0.15, 0.2) is 64.9 Å². The van der Waals surface area contributed by atoms with Crippen molar-refractivity contribution in [1.29, 1.82) is 0 Å². The molecule has 152 valence electrons. The first kappa shape index (κ1) is 19.8. The number of aromatic nitrogens is 3. The Balaban J connectivity index is 1.43. The predicted molar refractivity (Wildman–Crippen MR) is 116 cm³/mol. The number of pyridine rings is 1. The Labute approximate surface area is 177 Å². The minimum absolute atomic E-state index is 0.155. The number of fused-ring (bicyclic) bond motifs is 1. The standard InChI is InChI=1S/C22H20N4O3S/c1-14(15-6-4-3-5-7-15)29-19-9-8-16(12-23-19)22(28)26(2)13-18-24-17-10-11-30-20(17)21(27)25-18/h3-12,14H,13H2,1-2H3,(H,24,25,27)/t14-/m1/s1. The van der Waals surface area contributed by atoms with Gasteiger partial charge in [0.05, 0.1) is 17.6 Å². The van der Waals surface area contributed by atoms with E-state index < -0.39 is 0 Å². The molecule has 1 N–H and O–H groups in total. The number of ether oxygens (including phenoxy) is 1. The highest BCUT2D eigenvalue weighted by atomic mass is 32.1. The summed E-state index contributed by atoms with van der Waals surface area (Å²) in [6.07, 6.45) is 1.34. The molecule has 0 fully saturated rings. The highest BCUT2D eigenvalue weighted by molar-refractivity contribution is 7.17. The summed E-state index contributed by atoms with van der Waals surface area (Å²) in [7, 11) is 1.65. The smallest absolute Gasteiger partial charge is 0.268 e. The molecule has 8 heteroatoms. The highest BCUT2D eigenvalue weighted by Crippen LogP contribution is 2.20. The molecule has 0 aliphatic rings. The van der Waals surface area contributed by atoms with Crippen LogP contribution in [0.5, 0.6) is 5.88 Å². The van der Waals surface area contributed by atoms with Gasteiger partial charge in [0.2, 0.25) is 5.88 Å². The van der Waals surface area contributed by atoms with Gasteiger partial charge < -0.3 is 14.6 Å². The maximum atomic E-state index is 12.7. The minimum Gasteiger partial charge on any atom is -0.470 e. The van der Waals surface area contributed by atoms with Crippen molar-refractivity contribution in [3.63, 3.8) is 0 Å². The maximum absolute atomic E-state index is 12.7. The Morgan fingerprint density at radius 3 is 2.73 bits per heavy atom. The average Bonchev–Trinajstić information content (AvgIpc) is 3.23. The third-order valence-corrected chi connectivity index (χ3v) is 5.55. The van der Waals surface area contributed by atoms with Crippen LogP contribution in [-0.2, 0) is 6.54 Å². The number of carbonyl (C=O) groups is 1. The van der Waals surface area contributed by atoms with Gasteiger partial charge in [-0.15, -0.1) is 11.3 Å². The summed E-state index contributed by atoms with van der Waals surface area (Å²) in [4.78, 5) is 37.7. The van der Waals surface area contributed by atoms with Gasteiger partial charge in [-0.3, -0.25) is 9.59 Å². The van der Waals surface area contributed by atoms with E-state index in [4.69, 9.17) is 4.74 Å². The van der Waals surface area contributed by atoms with Gasteiger partial charge in [-0.25, -0.2) is 9.97 Å². The van der Waals surface area contributed by atoms with E-state index in [1.54, 1.807) is 25.2 Å². The number of hydrogen-bond acceptors (Lipinski definition) is 6. The Morgan fingerprint density at radius 2 is 2.00 bits per heavy atom. The molecular formula is C22H20N4O3S. The van der Waals surface area contributed by atoms with Crippen LogP contribution >= 0.6 is 11.3 Å². The lowest BCUT2D eigenvalue weighted by Crippen LogP contribution is -2.28. The maximum Gasteiger partial charge on any atom is 0.268 e. The third kappa shape index (κ3) is 4.23. The molecule has 3 aromatic heterocycles. The third-order valence-electron chi connectivity index (χ3n) is 4.65. The van der Waals surface area contributed by atoms with E-state index in [0.717, 1.165) is 5.56 Å². The summed E-state index contributed by atoms with van der Waals surface area (Å²) < 4.78 is 6.43. The number of rotatable bonds is 6. The summed E-state index contributed by atoms with van der Waals surface area (Å²) in [5, 5.41) is 1.82. The van der Waals surface area contributed by atoms with E-state index in [2.05, 4.69) is 15.0 Å². The number of carbonyl (C=O) groups excluding carboxylic acids is 1. The normalized spacial score (nSPS) is 11.9. The number of amides is 1. The Bertz CT molecular complexity index is 1220. The lowest BCUT2D eigenvalue weighted by molar-refractivity contribution is 0.0781. The molecule has 3 heterocycles. The number of nitrogens with one attached hydrogen (secondary N) is 1. The molecule has 0 saturated heterocycles. The fourth-order valence-corrected chi connectivity index (χ4v) is 3.79. The molecule has 30 heavy (non-hydrogen) atoms. The summed E-state index contributed by atoms with van der Waals surface area (Å²) in [6, 6.07) is 15.0. The van der Waals surface area contributed by atoms with Gasteiger partial charge in [-0.2, -0.15) is 0 Å². The summed E-state index contributed by atoms with van der Waals surface area (Å²) in [6.45, 7) is 2.13. The summed E-state index contributed by atoms with van der Waals surface area (Å²) in [5.74, 6) is 0.657. The van der Waals surface area contributed by atoms with Crippen LogP contribution in [0.1, 0.15) is 34.8 Å². The second kappa shape index (κ2) is 8.46. The van der Waals surface area contributed by atoms with Crippen LogP contribution in [0.2, 0.25) is 0 Å². The SMILES string of the molecule is C[C@@H](Oc1ccc(C(=O)N(C)Cc2nc3ccsc3c(=O)[nH]2)cn1)c1ccccc1. The van der Waals surface area contributed by atoms with Crippen LogP contribution in [-0.4, -0.2) is 32.8 Å². The average molecular weight is 420 g/mol. The lowest BCUT2D eigenvalue weighted by Gasteiger charge is -2.17. The molecule has 0 unspecified atom stereocenters. The molecule has 0 bridgehead atoms. The largest absolute Gasteiger partial charge is 0.470 e. The fourth-order valence-electron chi connectivity index (χ4n) is 3.06. The number of benzene rings is 1. The van der Waals surface area contributed by atoms with Gasteiger partial charge >= 0.3 is 0 Å². The van der Waals surface area contributed by atoms with Crippen LogP contribution in [0.25, 0.3) is 10.2 Å². The van der Waals surface area contributed by atoms with Gasteiger partial charge in [0.15, 0.2) is 0 Å². The van der Waals surface area contributed by atoms with E-state index in [9.17, 15) is 9.59 Å². The van der Waals surface area contributed by atoms with Gasteiger partial charge in [0.1, 0.15) is 16.6 Å². The molecular weight excluding hydrogens is 400 g/mol. The number of nitrogens with zero attached hydrogens (tertiary/aromatic N) is 3. The predicted octanol–water partition coefficient (Wildman–Crippen LogP) is 3.79. The molecule has 0 spiro atoms. The Kier molecular flexibility index (Phi) is 5.58. The number of hydrogen-bond donors (Lipinski definition) is 1. The fraction of sp³-hybridized carbons (Fsp3) is 0.182. The van der Waals surface area contributed by atoms with Crippen molar-refractivity contribution in [2.24, 2.45) is 0 Å². The summed E-state index contributed by atoms with van der Waals surface area (Å²) >= 11 is 1.34. The van der Waals surface area contributed by atoms with Gasteiger partial charge in [0, 0.05) is 19.3 Å². The number of aromatic amines is 1. The van der Waals surface area contributed by atoms with E-state index in [1.807, 2.05) is 42.6 Å². The monoisotopic (exact) mass is 420 g/mol. The first-order valence-electron chi connectivity index (χ1n) is 9.41. The Hall–Kier alpha value is -3.52. The van der Waals surface area contributed by atoms with Crippen molar-refractivity contribution in [3.05, 3.63) is 87.4 Å². The van der Waals surface area contributed by atoms with E-state index in [1.165, 1.54) is 22.4 Å². The molecule has 4 rings (SSSR count). The van der Waals surface area contributed by atoms with Crippen molar-refractivity contribution in [3.8, 4) is 5.88 Å². The first-order chi connectivity index (χ1) is 14.5. The van der Waals surface area contributed by atoms with Crippen molar-refractivity contribution in [2.45, 2.75) is 19.6 Å². The Morgan fingerprint density at radius 1 is 1.20 bits per heavy atom. The molecule has 1 aromatic carbocycles. The molecule has 0 radical (unpaired) electrons. The second-order valence-corrected chi connectivity index (χ2v) is 7.78. The zero-order valence-electron chi connectivity index (χ0n) is 16.5. The van der Waals surface area contributed by atoms with E-state index in [-0.39, 0.29) is 24.1 Å².